The number of hydrogen-bond donors (Lipinski definition) is 10. The lowest BCUT2D eigenvalue weighted by Crippen LogP contribution is -2.46. The van der Waals surface area contributed by atoms with E-state index in [1.807, 2.05) is 11.9 Å². The number of phosphoric acid groups is 2. The highest BCUT2D eigenvalue weighted by atomic mass is 31.3. The van der Waals surface area contributed by atoms with Crippen molar-refractivity contribution in [1.82, 2.24) is 29.5 Å². The number of nitrogens with zero attached hydrogens (tertiary/aromatic N) is 6. The standard InChI is InChI=1S/C27H35N9O15P2/c1-10-3-12-13(4-11(10)2)35(24-18(32-12)25(42)34-27(43)33-24)5-14(37)19(39)15(38)6-48-52(44,45)51-53(46,47)49-7-16-20(40)21(41)26(50-16)36-9-31-17-22(28)29-8-30-23(17)36/h3-4,8-9,14-16,19-21,26,32,37-41H,5-7H2,1-2H3,(H,44,45)(H,46,47)(H2,28,29,30)(H2,33,34,42,43)/p-1/t14-,15+,16+,19-,20+,21+,26+/m0/s1. The number of β-amino-alcohol motifs (C(OH)–C–C–N with tert-alkyl or cyclic N) is 1. The number of aromatic nitrogens is 6. The molecule has 5 heterocycles. The Morgan fingerprint density at radius 2 is 1.74 bits per heavy atom. The molecule has 0 saturated carbocycles. The van der Waals surface area contributed by atoms with E-state index in [1.165, 1.54) is 15.8 Å². The maximum atomic E-state index is 12.5. The van der Waals surface area contributed by atoms with Crippen LogP contribution in [0.4, 0.5) is 28.7 Å². The highest BCUT2D eigenvalue weighted by molar-refractivity contribution is 7.61. The summed E-state index contributed by atoms with van der Waals surface area (Å²) in [6, 6.07) is 2.39. The number of nitrogen functional groups attached to an aromatic ring is 1. The number of imidazole rings is 1. The number of aliphatic hydroxyl groups excluding tert-OH is 5. The van der Waals surface area contributed by atoms with Gasteiger partial charge >= 0.3 is 15.6 Å². The second-order valence-corrected chi connectivity index (χ2v) is 15.2. The van der Waals surface area contributed by atoms with E-state index < -0.39 is 89.8 Å². The summed E-state index contributed by atoms with van der Waals surface area (Å²) in [5, 5.41) is 68.0. The summed E-state index contributed by atoms with van der Waals surface area (Å²) < 4.78 is 45.4. The number of benzene rings is 1. The van der Waals surface area contributed by atoms with Crippen molar-refractivity contribution >= 4 is 55.5 Å². The molecule has 1 aromatic carbocycles. The highest BCUT2D eigenvalue weighted by Crippen LogP contribution is 2.60. The Balaban J connectivity index is 1.05. The van der Waals surface area contributed by atoms with Gasteiger partial charge in [-0.15, -0.1) is 0 Å². The van der Waals surface area contributed by atoms with E-state index >= 15 is 0 Å². The molecule has 288 valence electrons. The molecule has 4 aromatic rings. The first-order valence-corrected chi connectivity index (χ1v) is 18.5. The highest BCUT2D eigenvalue weighted by Gasteiger charge is 2.46. The van der Waals surface area contributed by atoms with E-state index in [1.54, 1.807) is 19.1 Å². The summed E-state index contributed by atoms with van der Waals surface area (Å²) >= 11 is 0. The lowest BCUT2D eigenvalue weighted by Gasteiger charge is -2.36. The molecule has 11 N–H and O–H groups in total. The Labute approximate surface area is 297 Å². The van der Waals surface area contributed by atoms with Gasteiger partial charge in [0.25, 0.3) is 5.56 Å². The normalized spacial score (nSPS) is 23.8. The molecule has 53 heavy (non-hydrogen) atoms. The summed E-state index contributed by atoms with van der Waals surface area (Å²) in [7, 11) is -11.0. The third-order valence-electron chi connectivity index (χ3n) is 8.47. The van der Waals surface area contributed by atoms with Gasteiger partial charge in [0.2, 0.25) is 0 Å². The van der Waals surface area contributed by atoms with E-state index in [9.17, 15) is 54.4 Å². The van der Waals surface area contributed by atoms with Crippen LogP contribution < -0.4 is 26.6 Å². The third-order valence-corrected chi connectivity index (χ3v) is 11.1. The quantitative estimate of drug-likeness (QED) is 0.0657. The third kappa shape index (κ3) is 7.91. The molecule has 3 aromatic heterocycles. The Morgan fingerprint density at radius 1 is 1.04 bits per heavy atom. The monoisotopic (exact) mass is 786 g/mol. The van der Waals surface area contributed by atoms with E-state index in [0.717, 1.165) is 17.5 Å². The van der Waals surface area contributed by atoms with Gasteiger partial charge in [0.15, 0.2) is 23.5 Å². The van der Waals surface area contributed by atoms with Crippen molar-refractivity contribution in [2.75, 3.05) is 35.7 Å². The van der Waals surface area contributed by atoms with Crippen molar-refractivity contribution in [3.63, 3.8) is 0 Å². The molecule has 2 aliphatic heterocycles. The molecule has 1 fully saturated rings. The summed E-state index contributed by atoms with van der Waals surface area (Å²) in [5.74, 6) is -0.156. The fourth-order valence-electron chi connectivity index (χ4n) is 5.63. The predicted molar refractivity (Wildman–Crippen MR) is 177 cm³/mol. The number of hydrogen-bond acceptors (Lipinski definition) is 20. The fraction of sp³-hybridized carbons (Fsp3) is 0.444. The maximum Gasteiger partial charge on any atom is 0.481 e. The van der Waals surface area contributed by atoms with Crippen LogP contribution in [0.25, 0.3) is 11.2 Å². The first-order chi connectivity index (χ1) is 24.9. The van der Waals surface area contributed by atoms with Crippen LogP contribution in [-0.2, 0) is 27.2 Å². The van der Waals surface area contributed by atoms with Gasteiger partial charge in [0.05, 0.1) is 43.5 Å². The van der Waals surface area contributed by atoms with Crippen LogP contribution in [0.15, 0.2) is 29.6 Å². The minimum Gasteiger partial charge on any atom is -0.846 e. The van der Waals surface area contributed by atoms with Crippen molar-refractivity contribution in [3.05, 3.63) is 46.3 Å². The van der Waals surface area contributed by atoms with Crippen molar-refractivity contribution in [3.8, 4) is 6.01 Å². The van der Waals surface area contributed by atoms with Gasteiger partial charge in [-0.2, -0.15) is 4.31 Å². The molecular weight excluding hydrogens is 752 g/mol. The summed E-state index contributed by atoms with van der Waals surface area (Å²) in [5.41, 5.74) is 7.53. The molecule has 2 aliphatic rings. The maximum absolute atomic E-state index is 12.5. The second-order valence-electron chi connectivity index (χ2n) is 12.1. The molecule has 24 nitrogen and oxygen atoms in total. The van der Waals surface area contributed by atoms with Crippen LogP contribution >= 0.6 is 15.6 Å². The first kappa shape index (κ1) is 38.6. The SMILES string of the molecule is Cc1cc2c(cc1C)N(C[C@H](O)[C@H](O)[C@H](O)COP(=O)(O)OP(=O)(O)OC[C@H]1O[C@@H](n3cnc4c(N)ncnc43)[C@H](O)[C@@H]1O)c1nc([O-])[nH]c(=O)c1N2. The van der Waals surface area contributed by atoms with Crippen LogP contribution in [-0.4, -0.2) is 121 Å². The van der Waals surface area contributed by atoms with Crippen molar-refractivity contribution < 1.29 is 67.7 Å². The largest absolute Gasteiger partial charge is 0.846 e. The molecule has 9 atom stereocenters. The van der Waals surface area contributed by atoms with Gasteiger partial charge in [0, 0.05) is 0 Å². The van der Waals surface area contributed by atoms with Gasteiger partial charge in [0.1, 0.15) is 54.2 Å². The zero-order valence-corrected chi connectivity index (χ0v) is 29.3. The lowest BCUT2D eigenvalue weighted by molar-refractivity contribution is -0.281. The van der Waals surface area contributed by atoms with Crippen LogP contribution in [0.3, 0.4) is 0 Å². The number of H-pyrrole nitrogens is 1. The Hall–Kier alpha value is -4.13. The van der Waals surface area contributed by atoms with E-state index in [0.29, 0.717) is 11.4 Å². The molecule has 6 rings (SSSR count). The molecule has 0 bridgehead atoms. The molecule has 26 heteroatoms. The number of nitrogens with two attached hydrogens (primary N) is 1. The Morgan fingerprint density at radius 3 is 2.47 bits per heavy atom. The van der Waals surface area contributed by atoms with Crippen molar-refractivity contribution in [2.45, 2.75) is 56.7 Å². The van der Waals surface area contributed by atoms with Gasteiger partial charge < -0.3 is 66.1 Å². The zero-order chi connectivity index (χ0) is 38.6. The number of anilines is 5. The lowest BCUT2D eigenvalue weighted by atomic mass is 10.0. The smallest absolute Gasteiger partial charge is 0.481 e. The van der Waals surface area contributed by atoms with Crippen molar-refractivity contribution in [2.24, 2.45) is 0 Å². The summed E-state index contributed by atoms with van der Waals surface area (Å²) in [6.45, 7) is 0.858. The molecule has 2 unspecified atom stereocenters. The van der Waals surface area contributed by atoms with Crippen LogP contribution in [0.2, 0.25) is 0 Å². The number of fused-ring (bicyclic) bond motifs is 3. The number of aromatic amines is 1. The van der Waals surface area contributed by atoms with E-state index in [4.69, 9.17) is 15.0 Å². The number of nitrogens with one attached hydrogen (secondary N) is 2. The molecule has 0 spiro atoms. The summed E-state index contributed by atoms with van der Waals surface area (Å²) in [6.07, 6.45) is -9.89. The number of ether oxygens (including phenoxy) is 1. The minimum atomic E-state index is -5.54. The summed E-state index contributed by atoms with van der Waals surface area (Å²) in [4.78, 5) is 51.7. The molecule has 1 saturated heterocycles. The van der Waals surface area contributed by atoms with Crippen LogP contribution in [0.1, 0.15) is 17.4 Å². The fourth-order valence-corrected chi connectivity index (χ4v) is 7.72. The average molecular weight is 787 g/mol. The average Bonchev–Trinajstić information content (AvgIpc) is 3.63. The number of rotatable bonds is 13. The number of phosphoric ester groups is 2. The Bertz CT molecular complexity index is 2170. The van der Waals surface area contributed by atoms with Gasteiger partial charge in [-0.1, -0.05) is 0 Å². The number of aryl methyl sites for hydroxylation is 2. The van der Waals surface area contributed by atoms with Gasteiger partial charge in [-0.3, -0.25) is 18.4 Å². The van der Waals surface area contributed by atoms with Crippen LogP contribution in [0.5, 0.6) is 6.01 Å². The first-order valence-electron chi connectivity index (χ1n) is 15.5. The molecule has 0 radical (unpaired) electrons. The molecule has 0 aliphatic carbocycles. The Kier molecular flexibility index (Phi) is 10.6. The van der Waals surface area contributed by atoms with Gasteiger partial charge in [-0.05, 0) is 37.1 Å². The number of aliphatic hydroxyl groups is 5. The van der Waals surface area contributed by atoms with E-state index in [-0.39, 0.29) is 28.5 Å². The van der Waals surface area contributed by atoms with E-state index in [2.05, 4.69) is 34.1 Å². The topological polar surface area (TPSA) is 366 Å². The zero-order valence-electron chi connectivity index (χ0n) is 27.5. The van der Waals surface area contributed by atoms with Crippen LogP contribution in [0, 0.1) is 13.8 Å². The second kappa shape index (κ2) is 14.6. The van der Waals surface area contributed by atoms with Gasteiger partial charge in [-0.25, -0.2) is 29.1 Å². The molecule has 0 amide bonds. The minimum absolute atomic E-state index is 0.0304. The van der Waals surface area contributed by atoms with Crippen molar-refractivity contribution in [1.29, 1.82) is 0 Å². The predicted octanol–water partition coefficient (Wildman–Crippen LogP) is -1.97. The molecular formula is C27H34N9O15P2-.